The van der Waals surface area contributed by atoms with Gasteiger partial charge in [-0.25, -0.2) is 0 Å². The van der Waals surface area contributed by atoms with Crippen molar-refractivity contribution in [1.29, 1.82) is 0 Å². The predicted molar refractivity (Wildman–Crippen MR) is 52.7 cm³/mol. The van der Waals surface area contributed by atoms with E-state index in [1.54, 1.807) is 20.8 Å². The van der Waals surface area contributed by atoms with E-state index in [9.17, 15) is 9.59 Å². The SMILES string of the molecule is CC(CC(=O)O)NC(=O)C(C)C(C)N. The molecule has 5 heteroatoms. The minimum absolute atomic E-state index is 0.0720. The Labute approximate surface area is 83.7 Å². The van der Waals surface area contributed by atoms with E-state index >= 15 is 0 Å². The summed E-state index contributed by atoms with van der Waals surface area (Å²) in [5, 5.41) is 11.1. The summed E-state index contributed by atoms with van der Waals surface area (Å²) in [6.45, 7) is 5.11. The van der Waals surface area contributed by atoms with E-state index < -0.39 is 5.97 Å². The van der Waals surface area contributed by atoms with Crippen LogP contribution in [0.25, 0.3) is 0 Å². The van der Waals surface area contributed by atoms with Gasteiger partial charge in [-0.2, -0.15) is 0 Å². The highest BCUT2D eigenvalue weighted by atomic mass is 16.4. The van der Waals surface area contributed by atoms with Crippen molar-refractivity contribution in [3.8, 4) is 0 Å². The van der Waals surface area contributed by atoms with Crippen LogP contribution in [0.15, 0.2) is 0 Å². The van der Waals surface area contributed by atoms with Crippen LogP contribution in [-0.2, 0) is 9.59 Å². The van der Waals surface area contributed by atoms with Gasteiger partial charge in [-0.15, -0.1) is 0 Å². The highest BCUT2D eigenvalue weighted by molar-refractivity contribution is 5.80. The van der Waals surface area contributed by atoms with Crippen LogP contribution < -0.4 is 11.1 Å². The van der Waals surface area contributed by atoms with E-state index in [4.69, 9.17) is 10.8 Å². The number of carbonyl (C=O) groups is 2. The quantitative estimate of drug-likeness (QED) is 0.582. The van der Waals surface area contributed by atoms with E-state index in [0.717, 1.165) is 0 Å². The third-order valence-electron chi connectivity index (χ3n) is 2.07. The van der Waals surface area contributed by atoms with Crippen molar-refractivity contribution in [2.24, 2.45) is 11.7 Å². The molecule has 82 valence electrons. The Morgan fingerprint density at radius 2 is 1.86 bits per heavy atom. The maximum Gasteiger partial charge on any atom is 0.305 e. The molecule has 0 bridgehead atoms. The first-order chi connectivity index (χ1) is 6.34. The molecule has 0 saturated heterocycles. The number of hydrogen-bond acceptors (Lipinski definition) is 3. The first-order valence-corrected chi connectivity index (χ1v) is 4.62. The van der Waals surface area contributed by atoms with Crippen molar-refractivity contribution in [3.63, 3.8) is 0 Å². The van der Waals surface area contributed by atoms with E-state index in [0.29, 0.717) is 0 Å². The van der Waals surface area contributed by atoms with Gasteiger partial charge < -0.3 is 16.2 Å². The molecular formula is C9H18N2O3. The van der Waals surface area contributed by atoms with Crippen LogP contribution in [0.1, 0.15) is 27.2 Å². The molecule has 4 N–H and O–H groups in total. The van der Waals surface area contributed by atoms with Gasteiger partial charge in [-0.1, -0.05) is 6.92 Å². The number of carboxylic acids is 1. The van der Waals surface area contributed by atoms with E-state index in [1.807, 2.05) is 0 Å². The Hall–Kier alpha value is -1.10. The van der Waals surface area contributed by atoms with Crippen molar-refractivity contribution in [2.45, 2.75) is 39.3 Å². The van der Waals surface area contributed by atoms with Gasteiger partial charge in [0, 0.05) is 18.0 Å². The molecule has 0 rings (SSSR count). The summed E-state index contributed by atoms with van der Waals surface area (Å²) < 4.78 is 0. The first kappa shape index (κ1) is 12.9. The molecule has 0 spiro atoms. The molecule has 5 nitrogen and oxygen atoms in total. The molecule has 3 atom stereocenters. The van der Waals surface area contributed by atoms with E-state index in [2.05, 4.69) is 5.32 Å². The zero-order chi connectivity index (χ0) is 11.3. The normalized spacial score (nSPS) is 16.9. The second-order valence-corrected chi connectivity index (χ2v) is 3.66. The molecule has 0 heterocycles. The van der Waals surface area contributed by atoms with Gasteiger partial charge in [0.2, 0.25) is 5.91 Å². The molecule has 0 aromatic heterocycles. The van der Waals surface area contributed by atoms with Crippen molar-refractivity contribution < 1.29 is 14.7 Å². The van der Waals surface area contributed by atoms with Gasteiger partial charge in [0.15, 0.2) is 0 Å². The second kappa shape index (κ2) is 5.59. The topological polar surface area (TPSA) is 92.4 Å². The smallest absolute Gasteiger partial charge is 0.305 e. The number of nitrogens with one attached hydrogen (secondary N) is 1. The molecule has 0 aliphatic rings. The van der Waals surface area contributed by atoms with Crippen molar-refractivity contribution in [3.05, 3.63) is 0 Å². The lowest BCUT2D eigenvalue weighted by Crippen LogP contribution is -2.42. The molecule has 0 radical (unpaired) electrons. The lowest BCUT2D eigenvalue weighted by Gasteiger charge is -2.18. The summed E-state index contributed by atoms with van der Waals surface area (Å²) in [5.74, 6) is -1.42. The Morgan fingerprint density at radius 3 is 2.21 bits per heavy atom. The van der Waals surface area contributed by atoms with Gasteiger partial charge >= 0.3 is 5.97 Å². The largest absolute Gasteiger partial charge is 0.481 e. The lowest BCUT2D eigenvalue weighted by molar-refractivity contribution is -0.137. The first-order valence-electron chi connectivity index (χ1n) is 4.62. The maximum absolute atomic E-state index is 11.4. The van der Waals surface area contributed by atoms with Crippen LogP contribution in [-0.4, -0.2) is 29.1 Å². The van der Waals surface area contributed by atoms with Gasteiger partial charge in [-0.3, -0.25) is 9.59 Å². The monoisotopic (exact) mass is 202 g/mol. The Balaban J connectivity index is 3.99. The molecule has 0 fully saturated rings. The number of carbonyl (C=O) groups excluding carboxylic acids is 1. The third-order valence-corrected chi connectivity index (χ3v) is 2.07. The van der Waals surface area contributed by atoms with E-state index in [1.165, 1.54) is 0 Å². The van der Waals surface area contributed by atoms with Crippen molar-refractivity contribution in [1.82, 2.24) is 5.32 Å². The number of amides is 1. The van der Waals surface area contributed by atoms with Crippen molar-refractivity contribution >= 4 is 11.9 Å². The van der Waals surface area contributed by atoms with Gasteiger partial charge in [0.05, 0.1) is 6.42 Å². The third kappa shape index (κ3) is 4.81. The summed E-state index contributed by atoms with van der Waals surface area (Å²) in [4.78, 5) is 21.7. The average molecular weight is 202 g/mol. The molecule has 0 aliphatic carbocycles. The molecule has 0 aromatic carbocycles. The average Bonchev–Trinajstić information content (AvgIpc) is 2.00. The molecular weight excluding hydrogens is 184 g/mol. The fourth-order valence-electron chi connectivity index (χ4n) is 0.926. The van der Waals surface area contributed by atoms with E-state index in [-0.39, 0.29) is 30.3 Å². The number of rotatable bonds is 5. The number of hydrogen-bond donors (Lipinski definition) is 3. The van der Waals surface area contributed by atoms with Crippen LogP contribution in [0.3, 0.4) is 0 Å². The minimum Gasteiger partial charge on any atom is -0.481 e. The second-order valence-electron chi connectivity index (χ2n) is 3.66. The summed E-state index contributed by atoms with van der Waals surface area (Å²) in [7, 11) is 0. The number of nitrogens with two attached hydrogens (primary N) is 1. The number of carboxylic acid groups (broad SMARTS) is 1. The maximum atomic E-state index is 11.4. The molecule has 3 unspecified atom stereocenters. The lowest BCUT2D eigenvalue weighted by atomic mass is 10.0. The Kier molecular flexibility index (Phi) is 5.15. The highest BCUT2D eigenvalue weighted by Crippen LogP contribution is 2.01. The highest BCUT2D eigenvalue weighted by Gasteiger charge is 2.19. The fourth-order valence-corrected chi connectivity index (χ4v) is 0.926. The molecule has 1 amide bonds. The van der Waals surface area contributed by atoms with Gasteiger partial charge in [0.1, 0.15) is 0 Å². The predicted octanol–water partition coefficient (Wildman–Crippen LogP) is -0.0509. The van der Waals surface area contributed by atoms with Crippen LogP contribution in [0.4, 0.5) is 0 Å². The standard InChI is InChI=1S/C9H18N2O3/c1-5(4-8(12)13)11-9(14)6(2)7(3)10/h5-7H,4,10H2,1-3H3,(H,11,14)(H,12,13). The summed E-state index contributed by atoms with van der Waals surface area (Å²) in [5.41, 5.74) is 5.54. The summed E-state index contributed by atoms with van der Waals surface area (Å²) >= 11 is 0. The summed E-state index contributed by atoms with van der Waals surface area (Å²) in [6, 6.07) is -0.590. The molecule has 14 heavy (non-hydrogen) atoms. The fraction of sp³-hybridized carbons (Fsp3) is 0.778. The zero-order valence-electron chi connectivity index (χ0n) is 8.78. The minimum atomic E-state index is -0.925. The Bertz CT molecular complexity index is 216. The summed E-state index contributed by atoms with van der Waals surface area (Å²) in [6.07, 6.45) is -0.0720. The van der Waals surface area contributed by atoms with Crippen LogP contribution in [0.2, 0.25) is 0 Å². The van der Waals surface area contributed by atoms with Gasteiger partial charge in [-0.05, 0) is 13.8 Å². The Morgan fingerprint density at radius 1 is 1.36 bits per heavy atom. The van der Waals surface area contributed by atoms with Crippen LogP contribution >= 0.6 is 0 Å². The molecule has 0 saturated carbocycles. The van der Waals surface area contributed by atoms with Crippen LogP contribution in [0, 0.1) is 5.92 Å². The molecule has 0 aromatic rings. The zero-order valence-corrected chi connectivity index (χ0v) is 8.78. The van der Waals surface area contributed by atoms with Crippen molar-refractivity contribution in [2.75, 3.05) is 0 Å². The van der Waals surface area contributed by atoms with Gasteiger partial charge in [0.25, 0.3) is 0 Å². The molecule has 0 aliphatic heterocycles. The number of aliphatic carboxylic acids is 1. The van der Waals surface area contributed by atoms with Crippen LogP contribution in [0.5, 0.6) is 0 Å².